The quantitative estimate of drug-likeness (QED) is 0.653. The summed E-state index contributed by atoms with van der Waals surface area (Å²) in [6.45, 7) is 6.84. The number of carbonyl (C=O) groups excluding carboxylic acids is 1. The standard InChI is InChI=1S/C22H24N4O2/c1-4-26(18-9-7-6-8-10-18)22(27)20-15-21(24-16(3)23-20)25-17-11-13-19(14-12-17)28-5-2/h6-15H,4-5H2,1-3H3,(H,23,24,25). The van der Waals surface area contributed by atoms with Gasteiger partial charge < -0.3 is 15.0 Å². The SMILES string of the molecule is CCOc1ccc(Nc2cc(C(=O)N(CC)c3ccccc3)nc(C)n2)cc1. The summed E-state index contributed by atoms with van der Waals surface area (Å²) in [6, 6.07) is 18.8. The average Bonchev–Trinajstić information content (AvgIpc) is 2.70. The average molecular weight is 376 g/mol. The van der Waals surface area contributed by atoms with Crippen LogP contribution in [-0.4, -0.2) is 29.0 Å². The molecule has 6 heteroatoms. The lowest BCUT2D eigenvalue weighted by Gasteiger charge is -2.21. The summed E-state index contributed by atoms with van der Waals surface area (Å²) >= 11 is 0. The second-order valence-electron chi connectivity index (χ2n) is 6.15. The number of aryl methyl sites for hydroxylation is 1. The fourth-order valence-corrected chi connectivity index (χ4v) is 2.88. The Kier molecular flexibility index (Phi) is 6.22. The van der Waals surface area contributed by atoms with Gasteiger partial charge >= 0.3 is 0 Å². The first-order valence-electron chi connectivity index (χ1n) is 9.33. The maximum Gasteiger partial charge on any atom is 0.277 e. The van der Waals surface area contributed by atoms with E-state index >= 15 is 0 Å². The van der Waals surface area contributed by atoms with Crippen molar-refractivity contribution in [2.24, 2.45) is 0 Å². The molecule has 0 aliphatic rings. The molecule has 0 unspecified atom stereocenters. The zero-order valence-electron chi connectivity index (χ0n) is 16.3. The van der Waals surface area contributed by atoms with E-state index in [2.05, 4.69) is 15.3 Å². The van der Waals surface area contributed by atoms with E-state index in [9.17, 15) is 4.79 Å². The molecule has 1 aromatic heterocycles. The van der Waals surface area contributed by atoms with E-state index in [-0.39, 0.29) is 5.91 Å². The molecule has 0 bridgehead atoms. The molecule has 6 nitrogen and oxygen atoms in total. The van der Waals surface area contributed by atoms with Crippen LogP contribution in [0.5, 0.6) is 5.75 Å². The third-order valence-corrected chi connectivity index (χ3v) is 4.12. The lowest BCUT2D eigenvalue weighted by Crippen LogP contribution is -2.31. The Hall–Kier alpha value is -3.41. The molecule has 0 atom stereocenters. The Labute approximate surface area is 165 Å². The Morgan fingerprint density at radius 3 is 2.39 bits per heavy atom. The fourth-order valence-electron chi connectivity index (χ4n) is 2.88. The van der Waals surface area contributed by atoms with E-state index < -0.39 is 0 Å². The zero-order chi connectivity index (χ0) is 19.9. The smallest absolute Gasteiger partial charge is 0.277 e. The highest BCUT2D eigenvalue weighted by atomic mass is 16.5. The highest BCUT2D eigenvalue weighted by Crippen LogP contribution is 2.21. The van der Waals surface area contributed by atoms with Crippen LogP contribution in [0.1, 0.15) is 30.2 Å². The summed E-state index contributed by atoms with van der Waals surface area (Å²) in [7, 11) is 0. The molecule has 3 aromatic rings. The molecule has 1 heterocycles. The zero-order valence-corrected chi connectivity index (χ0v) is 16.3. The van der Waals surface area contributed by atoms with E-state index in [0.29, 0.717) is 30.5 Å². The number of rotatable bonds is 7. The number of carbonyl (C=O) groups is 1. The number of hydrogen-bond donors (Lipinski definition) is 1. The van der Waals surface area contributed by atoms with Gasteiger partial charge in [0.05, 0.1) is 6.61 Å². The molecule has 0 radical (unpaired) electrons. The molecule has 0 saturated carbocycles. The number of amides is 1. The summed E-state index contributed by atoms with van der Waals surface area (Å²) in [5.41, 5.74) is 2.05. The van der Waals surface area contributed by atoms with Gasteiger partial charge in [-0.05, 0) is 57.2 Å². The number of hydrogen-bond acceptors (Lipinski definition) is 5. The van der Waals surface area contributed by atoms with Crippen molar-refractivity contribution in [2.45, 2.75) is 20.8 Å². The van der Waals surface area contributed by atoms with Gasteiger partial charge in [-0.2, -0.15) is 0 Å². The number of nitrogens with zero attached hydrogens (tertiary/aromatic N) is 3. The summed E-state index contributed by atoms with van der Waals surface area (Å²) < 4.78 is 5.46. The van der Waals surface area contributed by atoms with Gasteiger partial charge in [-0.25, -0.2) is 9.97 Å². The van der Waals surface area contributed by atoms with Gasteiger partial charge in [0.2, 0.25) is 0 Å². The third-order valence-electron chi connectivity index (χ3n) is 4.12. The Morgan fingerprint density at radius 1 is 1.04 bits per heavy atom. The number of ether oxygens (including phenoxy) is 1. The molecule has 0 spiro atoms. The normalized spacial score (nSPS) is 10.4. The van der Waals surface area contributed by atoms with E-state index in [1.807, 2.05) is 68.4 Å². The van der Waals surface area contributed by atoms with E-state index in [4.69, 9.17) is 4.74 Å². The van der Waals surface area contributed by atoms with Crippen LogP contribution in [0.3, 0.4) is 0 Å². The largest absolute Gasteiger partial charge is 0.494 e. The first-order valence-corrected chi connectivity index (χ1v) is 9.33. The first-order chi connectivity index (χ1) is 13.6. The summed E-state index contributed by atoms with van der Waals surface area (Å²) in [6.07, 6.45) is 0. The maximum atomic E-state index is 13.0. The molecular formula is C22H24N4O2. The topological polar surface area (TPSA) is 67.3 Å². The van der Waals surface area contributed by atoms with Crippen LogP contribution in [0.15, 0.2) is 60.7 Å². The molecule has 2 aromatic carbocycles. The highest BCUT2D eigenvalue weighted by molar-refractivity contribution is 6.05. The van der Waals surface area contributed by atoms with E-state index in [1.165, 1.54) is 0 Å². The van der Waals surface area contributed by atoms with Crippen LogP contribution in [0.2, 0.25) is 0 Å². The number of nitrogens with one attached hydrogen (secondary N) is 1. The summed E-state index contributed by atoms with van der Waals surface area (Å²) in [5, 5.41) is 3.23. The van der Waals surface area contributed by atoms with Crippen LogP contribution in [0.25, 0.3) is 0 Å². The van der Waals surface area contributed by atoms with Crippen molar-refractivity contribution in [3.8, 4) is 5.75 Å². The van der Waals surface area contributed by atoms with E-state index in [0.717, 1.165) is 17.1 Å². The molecule has 1 N–H and O–H groups in total. The van der Waals surface area contributed by atoms with Crippen LogP contribution < -0.4 is 15.0 Å². The van der Waals surface area contributed by atoms with Crippen LogP contribution in [0.4, 0.5) is 17.2 Å². The number of anilines is 3. The molecule has 0 aliphatic heterocycles. The van der Waals surface area contributed by atoms with Crippen molar-refractivity contribution < 1.29 is 9.53 Å². The second kappa shape index (κ2) is 8.99. The minimum atomic E-state index is -0.158. The number of para-hydroxylation sites is 1. The van der Waals surface area contributed by atoms with Crippen molar-refractivity contribution in [3.05, 3.63) is 72.2 Å². The van der Waals surface area contributed by atoms with Gasteiger partial charge in [0.15, 0.2) is 0 Å². The maximum absolute atomic E-state index is 13.0. The minimum absolute atomic E-state index is 0.158. The van der Waals surface area contributed by atoms with Crippen LogP contribution >= 0.6 is 0 Å². The van der Waals surface area contributed by atoms with Crippen LogP contribution in [0, 0.1) is 6.92 Å². The fraction of sp³-hybridized carbons (Fsp3) is 0.227. The van der Waals surface area contributed by atoms with Gasteiger partial charge in [-0.1, -0.05) is 18.2 Å². The van der Waals surface area contributed by atoms with Gasteiger partial charge in [0.25, 0.3) is 5.91 Å². The monoisotopic (exact) mass is 376 g/mol. The van der Waals surface area contributed by atoms with Gasteiger partial charge in [0, 0.05) is 24.0 Å². The predicted molar refractivity (Wildman–Crippen MR) is 111 cm³/mol. The lowest BCUT2D eigenvalue weighted by molar-refractivity contribution is 0.0983. The Bertz CT molecular complexity index is 927. The first kappa shape index (κ1) is 19.4. The highest BCUT2D eigenvalue weighted by Gasteiger charge is 2.18. The van der Waals surface area contributed by atoms with Crippen molar-refractivity contribution in [3.63, 3.8) is 0 Å². The van der Waals surface area contributed by atoms with Crippen LogP contribution in [-0.2, 0) is 0 Å². The third kappa shape index (κ3) is 4.65. The van der Waals surface area contributed by atoms with Crippen molar-refractivity contribution in [1.29, 1.82) is 0 Å². The summed E-state index contributed by atoms with van der Waals surface area (Å²) in [5.74, 6) is 1.76. The summed E-state index contributed by atoms with van der Waals surface area (Å²) in [4.78, 5) is 23.5. The molecule has 3 rings (SSSR count). The van der Waals surface area contributed by atoms with Gasteiger partial charge in [-0.3, -0.25) is 4.79 Å². The number of aromatic nitrogens is 2. The van der Waals surface area contributed by atoms with Gasteiger partial charge in [-0.15, -0.1) is 0 Å². The van der Waals surface area contributed by atoms with Gasteiger partial charge in [0.1, 0.15) is 23.1 Å². The minimum Gasteiger partial charge on any atom is -0.494 e. The van der Waals surface area contributed by atoms with E-state index in [1.54, 1.807) is 17.9 Å². The molecule has 0 saturated heterocycles. The molecular weight excluding hydrogens is 352 g/mol. The van der Waals surface area contributed by atoms with Crippen molar-refractivity contribution in [2.75, 3.05) is 23.4 Å². The van der Waals surface area contributed by atoms with Crippen molar-refractivity contribution >= 4 is 23.1 Å². The Balaban J connectivity index is 1.83. The molecule has 1 amide bonds. The molecule has 28 heavy (non-hydrogen) atoms. The molecule has 0 fully saturated rings. The Morgan fingerprint density at radius 2 is 1.75 bits per heavy atom. The second-order valence-corrected chi connectivity index (χ2v) is 6.15. The number of benzene rings is 2. The molecule has 0 aliphatic carbocycles. The molecule has 144 valence electrons. The predicted octanol–water partition coefficient (Wildman–Crippen LogP) is 4.59. The lowest BCUT2D eigenvalue weighted by atomic mass is 10.2. The van der Waals surface area contributed by atoms with Crippen molar-refractivity contribution in [1.82, 2.24) is 9.97 Å².